The average Bonchev–Trinajstić information content (AvgIpc) is 3.25. The molecule has 2 aromatic carbocycles. The van der Waals surface area contributed by atoms with Crippen molar-refractivity contribution in [2.24, 2.45) is 0 Å². The molecule has 0 saturated heterocycles. The van der Waals surface area contributed by atoms with Gasteiger partial charge in [-0.15, -0.1) is 11.3 Å². The summed E-state index contributed by atoms with van der Waals surface area (Å²) in [6.45, 7) is 6.59. The van der Waals surface area contributed by atoms with E-state index in [-0.39, 0.29) is 23.3 Å². The molecule has 0 aliphatic heterocycles. The van der Waals surface area contributed by atoms with E-state index in [9.17, 15) is 9.59 Å². The van der Waals surface area contributed by atoms with Crippen LogP contribution in [0, 0.1) is 6.92 Å². The van der Waals surface area contributed by atoms with Crippen LogP contribution in [-0.4, -0.2) is 27.3 Å². The van der Waals surface area contributed by atoms with Crippen LogP contribution in [0.3, 0.4) is 0 Å². The third-order valence-corrected chi connectivity index (χ3v) is 7.72. The van der Waals surface area contributed by atoms with Crippen LogP contribution < -0.4 is 10.9 Å². The first-order valence-corrected chi connectivity index (χ1v) is 13.3. The molecule has 0 unspecified atom stereocenters. The Morgan fingerprint density at radius 1 is 1.15 bits per heavy atom. The zero-order valence-electron chi connectivity index (χ0n) is 19.7. The van der Waals surface area contributed by atoms with E-state index in [2.05, 4.69) is 43.4 Å². The highest BCUT2D eigenvalue weighted by molar-refractivity contribution is 7.99. The van der Waals surface area contributed by atoms with Crippen molar-refractivity contribution in [1.29, 1.82) is 0 Å². The van der Waals surface area contributed by atoms with Crippen molar-refractivity contribution in [2.75, 3.05) is 5.75 Å². The topological polar surface area (TPSA) is 64.0 Å². The smallest absolute Gasteiger partial charge is 0.272 e. The molecule has 0 aliphatic carbocycles. The molecule has 0 fully saturated rings. The third-order valence-electron chi connectivity index (χ3n) is 5.58. The minimum Gasteiger partial charge on any atom is -0.353 e. The second-order valence-electron chi connectivity index (χ2n) is 8.51. The summed E-state index contributed by atoms with van der Waals surface area (Å²) in [5.41, 5.74) is 3.89. The van der Waals surface area contributed by atoms with E-state index >= 15 is 0 Å². The maximum Gasteiger partial charge on any atom is 0.272 e. The highest BCUT2D eigenvalue weighted by Crippen LogP contribution is 2.32. The number of nitrogens with zero attached hydrogens (tertiary/aromatic N) is 2. The van der Waals surface area contributed by atoms with E-state index < -0.39 is 0 Å². The zero-order valence-corrected chi connectivity index (χ0v) is 21.3. The molecule has 0 aliphatic rings. The van der Waals surface area contributed by atoms with Crippen LogP contribution in [0.1, 0.15) is 37.8 Å². The zero-order chi connectivity index (χ0) is 24.1. The van der Waals surface area contributed by atoms with Crippen LogP contribution in [0.15, 0.2) is 70.6 Å². The van der Waals surface area contributed by atoms with E-state index in [0.717, 1.165) is 28.8 Å². The Labute approximate surface area is 208 Å². The molecule has 5 nitrogen and oxygen atoms in total. The number of nitrogens with one attached hydrogen (secondary N) is 1. The molecule has 1 amide bonds. The van der Waals surface area contributed by atoms with E-state index in [1.54, 1.807) is 4.57 Å². The normalized spacial score (nSPS) is 12.1. The van der Waals surface area contributed by atoms with Crippen LogP contribution in [-0.2, 0) is 11.3 Å². The Kier molecular flexibility index (Phi) is 7.85. The molecule has 0 saturated carbocycles. The van der Waals surface area contributed by atoms with Crippen LogP contribution in [0.25, 0.3) is 20.7 Å². The van der Waals surface area contributed by atoms with Gasteiger partial charge in [0.2, 0.25) is 5.91 Å². The fraction of sp³-hybridized carbons (Fsp3) is 0.296. The van der Waals surface area contributed by atoms with Crippen molar-refractivity contribution in [2.45, 2.75) is 51.4 Å². The van der Waals surface area contributed by atoms with E-state index in [4.69, 9.17) is 4.98 Å². The van der Waals surface area contributed by atoms with Crippen molar-refractivity contribution >= 4 is 39.2 Å². The van der Waals surface area contributed by atoms with Gasteiger partial charge in [-0.05, 0) is 37.5 Å². The summed E-state index contributed by atoms with van der Waals surface area (Å²) in [5, 5.41) is 3.59. The fourth-order valence-electron chi connectivity index (χ4n) is 3.82. The van der Waals surface area contributed by atoms with Gasteiger partial charge < -0.3 is 5.32 Å². The Morgan fingerprint density at radius 2 is 1.88 bits per heavy atom. The second kappa shape index (κ2) is 11.0. The third kappa shape index (κ3) is 5.77. The Hall–Kier alpha value is -2.90. The predicted molar refractivity (Wildman–Crippen MR) is 143 cm³/mol. The van der Waals surface area contributed by atoms with Gasteiger partial charge >= 0.3 is 0 Å². The van der Waals surface area contributed by atoms with Crippen molar-refractivity contribution in [3.05, 3.63) is 82.1 Å². The summed E-state index contributed by atoms with van der Waals surface area (Å²) in [5.74, 6) is 0.174. The van der Waals surface area contributed by atoms with Gasteiger partial charge in [0.1, 0.15) is 4.70 Å². The number of carbonyl (C=O) groups is 1. The maximum absolute atomic E-state index is 13.6. The fourth-order valence-corrected chi connectivity index (χ4v) is 5.68. The number of carbonyl (C=O) groups excluding carboxylic acids is 1. The van der Waals surface area contributed by atoms with Crippen molar-refractivity contribution in [3.8, 4) is 10.4 Å². The van der Waals surface area contributed by atoms with Gasteiger partial charge in [0.25, 0.3) is 5.56 Å². The standard InChI is InChI=1S/C27H29N3O2S2/c1-4-8-19(3)28-24(31)17-33-27-29-22-15-23(21-13-11-18(2)12-14-21)34-25(22)26(32)30(27)16-20-9-6-5-7-10-20/h5-7,9-15,19H,4,8,16-17H2,1-3H3,(H,28,31)/t19-/m0/s1. The van der Waals surface area contributed by atoms with Gasteiger partial charge in [-0.25, -0.2) is 4.98 Å². The molecule has 2 aromatic heterocycles. The van der Waals surface area contributed by atoms with Crippen LogP contribution >= 0.6 is 23.1 Å². The molecule has 4 rings (SSSR count). The highest BCUT2D eigenvalue weighted by Gasteiger charge is 2.17. The molecule has 0 radical (unpaired) electrons. The lowest BCUT2D eigenvalue weighted by molar-refractivity contribution is -0.119. The Bertz CT molecular complexity index is 1330. The quantitative estimate of drug-likeness (QED) is 0.235. The number of aromatic nitrogens is 2. The van der Waals surface area contributed by atoms with E-state index in [0.29, 0.717) is 21.9 Å². The van der Waals surface area contributed by atoms with Crippen LogP contribution in [0.4, 0.5) is 0 Å². The molecular weight excluding hydrogens is 462 g/mol. The first-order chi connectivity index (χ1) is 16.4. The number of amides is 1. The lowest BCUT2D eigenvalue weighted by Crippen LogP contribution is -2.34. The number of thioether (sulfide) groups is 1. The van der Waals surface area contributed by atoms with Gasteiger partial charge in [0.05, 0.1) is 17.8 Å². The second-order valence-corrected chi connectivity index (χ2v) is 10.5. The molecule has 0 spiro atoms. The maximum atomic E-state index is 13.6. The molecular formula is C27H29N3O2S2. The van der Waals surface area contributed by atoms with Gasteiger partial charge in [-0.3, -0.25) is 14.2 Å². The molecule has 0 bridgehead atoms. The number of fused-ring (bicyclic) bond motifs is 1. The lowest BCUT2D eigenvalue weighted by Gasteiger charge is -2.14. The Morgan fingerprint density at radius 3 is 2.59 bits per heavy atom. The number of rotatable bonds is 9. The molecule has 34 heavy (non-hydrogen) atoms. The number of benzene rings is 2. The average molecular weight is 492 g/mol. The summed E-state index contributed by atoms with van der Waals surface area (Å²) in [4.78, 5) is 31.9. The first kappa shape index (κ1) is 24.2. The minimum atomic E-state index is -0.0699. The molecule has 2 heterocycles. The number of thiophene rings is 1. The van der Waals surface area contributed by atoms with Gasteiger partial charge in [-0.2, -0.15) is 0 Å². The summed E-state index contributed by atoms with van der Waals surface area (Å²) < 4.78 is 2.33. The summed E-state index contributed by atoms with van der Waals surface area (Å²) in [6.07, 6.45) is 1.96. The first-order valence-electron chi connectivity index (χ1n) is 11.5. The van der Waals surface area contributed by atoms with E-state index in [1.165, 1.54) is 28.7 Å². The summed E-state index contributed by atoms with van der Waals surface area (Å²) >= 11 is 2.79. The number of aryl methyl sites for hydroxylation is 1. The van der Waals surface area contributed by atoms with Crippen LogP contribution in [0.2, 0.25) is 0 Å². The highest BCUT2D eigenvalue weighted by atomic mass is 32.2. The molecule has 176 valence electrons. The largest absolute Gasteiger partial charge is 0.353 e. The molecule has 1 N–H and O–H groups in total. The molecule has 7 heteroatoms. The predicted octanol–water partition coefficient (Wildman–Crippen LogP) is 5.88. The lowest BCUT2D eigenvalue weighted by atomic mass is 10.1. The summed E-state index contributed by atoms with van der Waals surface area (Å²) in [6, 6.07) is 20.3. The monoisotopic (exact) mass is 491 g/mol. The molecule has 1 atom stereocenters. The van der Waals surface area contributed by atoms with Crippen LogP contribution in [0.5, 0.6) is 0 Å². The van der Waals surface area contributed by atoms with Crippen molar-refractivity contribution in [3.63, 3.8) is 0 Å². The van der Waals surface area contributed by atoms with Crippen molar-refractivity contribution < 1.29 is 4.79 Å². The summed E-state index contributed by atoms with van der Waals surface area (Å²) in [7, 11) is 0. The van der Waals surface area contributed by atoms with Gasteiger partial charge in [0.15, 0.2) is 5.16 Å². The van der Waals surface area contributed by atoms with Crippen molar-refractivity contribution in [1.82, 2.24) is 14.9 Å². The SMILES string of the molecule is CCC[C@H](C)NC(=O)CSc1nc2cc(-c3ccc(C)cc3)sc2c(=O)n1Cc1ccccc1. The number of hydrogen-bond donors (Lipinski definition) is 1. The van der Waals surface area contributed by atoms with Gasteiger partial charge in [-0.1, -0.05) is 85.3 Å². The van der Waals surface area contributed by atoms with Gasteiger partial charge in [0, 0.05) is 10.9 Å². The van der Waals surface area contributed by atoms with E-state index in [1.807, 2.05) is 43.3 Å². The Balaban J connectivity index is 1.69. The molecule has 4 aromatic rings. The minimum absolute atomic E-state index is 0.0442. The number of hydrogen-bond acceptors (Lipinski definition) is 5.